The van der Waals surface area contributed by atoms with Gasteiger partial charge in [0.1, 0.15) is 0 Å². The summed E-state index contributed by atoms with van der Waals surface area (Å²) in [4.78, 5) is 24.2. The highest BCUT2D eigenvalue weighted by atomic mass is 35.5. The van der Waals surface area contributed by atoms with Crippen molar-refractivity contribution in [1.82, 2.24) is 5.32 Å². The lowest BCUT2D eigenvalue weighted by Crippen LogP contribution is -2.35. The van der Waals surface area contributed by atoms with Crippen LogP contribution < -0.4 is 5.32 Å². The van der Waals surface area contributed by atoms with Crippen LogP contribution in [0.25, 0.3) is 0 Å². The first kappa shape index (κ1) is 18.7. The molecule has 1 heterocycles. The number of hydrogen-bond acceptors (Lipinski definition) is 4. The number of benzene rings is 1. The fraction of sp³-hybridized carbons (Fsp3) is 0.556. The number of halogens is 1. The summed E-state index contributed by atoms with van der Waals surface area (Å²) in [6.07, 6.45) is 2.04. The average Bonchev–Trinajstić information content (AvgIpc) is 3.06. The van der Waals surface area contributed by atoms with E-state index >= 15 is 0 Å². The lowest BCUT2D eigenvalue weighted by atomic mass is 9.88. The van der Waals surface area contributed by atoms with Crippen LogP contribution in [0.1, 0.15) is 38.2 Å². The van der Waals surface area contributed by atoms with Crippen LogP contribution in [0.4, 0.5) is 0 Å². The van der Waals surface area contributed by atoms with Crippen molar-refractivity contribution in [1.29, 1.82) is 0 Å². The molecule has 0 bridgehead atoms. The van der Waals surface area contributed by atoms with Crippen LogP contribution in [-0.2, 0) is 19.1 Å². The summed E-state index contributed by atoms with van der Waals surface area (Å²) in [7, 11) is 0. The summed E-state index contributed by atoms with van der Waals surface area (Å²) < 4.78 is 10.6. The third kappa shape index (κ3) is 5.49. The topological polar surface area (TPSA) is 64.6 Å². The summed E-state index contributed by atoms with van der Waals surface area (Å²) in [5.74, 6) is -1.08. The Morgan fingerprint density at radius 3 is 2.62 bits per heavy atom. The Bertz CT molecular complexity index is 553. The number of ether oxygens (including phenoxy) is 2. The molecule has 1 aliphatic heterocycles. The first-order valence-electron chi connectivity index (χ1n) is 8.27. The van der Waals surface area contributed by atoms with Crippen LogP contribution in [0.2, 0.25) is 5.02 Å². The van der Waals surface area contributed by atoms with E-state index in [9.17, 15) is 9.59 Å². The monoisotopic (exact) mass is 353 g/mol. The van der Waals surface area contributed by atoms with Gasteiger partial charge in [-0.05, 0) is 36.5 Å². The molecule has 1 amide bonds. The van der Waals surface area contributed by atoms with Gasteiger partial charge in [-0.25, -0.2) is 0 Å². The summed E-state index contributed by atoms with van der Waals surface area (Å²) in [5, 5.41) is 3.35. The fourth-order valence-electron chi connectivity index (χ4n) is 2.77. The molecule has 1 aromatic carbocycles. The van der Waals surface area contributed by atoms with Crippen LogP contribution in [0.15, 0.2) is 24.3 Å². The van der Waals surface area contributed by atoms with Gasteiger partial charge in [-0.15, -0.1) is 0 Å². The molecule has 6 heteroatoms. The van der Waals surface area contributed by atoms with Crippen molar-refractivity contribution < 1.29 is 19.1 Å². The zero-order chi connectivity index (χ0) is 17.5. The molecule has 1 aromatic rings. The summed E-state index contributed by atoms with van der Waals surface area (Å²) in [5.41, 5.74) is 0.833. The lowest BCUT2D eigenvalue weighted by Gasteiger charge is -2.20. The van der Waals surface area contributed by atoms with Gasteiger partial charge in [0, 0.05) is 18.2 Å². The Morgan fingerprint density at radius 1 is 1.33 bits per heavy atom. The van der Waals surface area contributed by atoms with Gasteiger partial charge in [0.25, 0.3) is 5.91 Å². The minimum absolute atomic E-state index is 0.0497. The maximum Gasteiger partial charge on any atom is 0.314 e. The van der Waals surface area contributed by atoms with Crippen molar-refractivity contribution in [3.05, 3.63) is 34.9 Å². The SMILES string of the molecule is CC(C)[C@@H](C(=O)OCC(=O)NC[C@H]1CCCO1)c1ccc(Cl)cc1. The molecule has 24 heavy (non-hydrogen) atoms. The maximum atomic E-state index is 12.4. The number of hydrogen-bond donors (Lipinski definition) is 1. The Labute approximate surface area is 147 Å². The minimum Gasteiger partial charge on any atom is -0.455 e. The maximum absolute atomic E-state index is 12.4. The van der Waals surface area contributed by atoms with E-state index in [4.69, 9.17) is 21.1 Å². The predicted molar refractivity (Wildman–Crippen MR) is 92.0 cm³/mol. The molecule has 0 unspecified atom stereocenters. The smallest absolute Gasteiger partial charge is 0.314 e. The van der Waals surface area contributed by atoms with Gasteiger partial charge in [0.2, 0.25) is 0 Å². The number of nitrogens with one attached hydrogen (secondary N) is 1. The van der Waals surface area contributed by atoms with Crippen LogP contribution in [0.5, 0.6) is 0 Å². The third-order valence-electron chi connectivity index (χ3n) is 4.05. The molecule has 2 atom stereocenters. The third-order valence-corrected chi connectivity index (χ3v) is 4.30. The largest absolute Gasteiger partial charge is 0.455 e. The number of esters is 1. The second-order valence-corrected chi connectivity index (χ2v) is 6.76. The van der Waals surface area contributed by atoms with E-state index in [0.29, 0.717) is 11.6 Å². The van der Waals surface area contributed by atoms with Gasteiger partial charge in [0.05, 0.1) is 12.0 Å². The van der Waals surface area contributed by atoms with Crippen LogP contribution in [-0.4, -0.2) is 37.7 Å². The van der Waals surface area contributed by atoms with Crippen molar-refractivity contribution in [2.75, 3.05) is 19.8 Å². The van der Waals surface area contributed by atoms with E-state index in [1.807, 2.05) is 26.0 Å². The van der Waals surface area contributed by atoms with E-state index in [2.05, 4.69) is 5.32 Å². The van der Waals surface area contributed by atoms with Crippen LogP contribution >= 0.6 is 11.6 Å². The van der Waals surface area contributed by atoms with E-state index in [-0.39, 0.29) is 24.5 Å². The Kier molecular flexibility index (Phi) is 7.06. The molecule has 1 N–H and O–H groups in total. The fourth-order valence-corrected chi connectivity index (χ4v) is 2.90. The average molecular weight is 354 g/mol. The van der Waals surface area contributed by atoms with E-state index < -0.39 is 11.9 Å². The lowest BCUT2D eigenvalue weighted by molar-refractivity contribution is -0.151. The van der Waals surface area contributed by atoms with Gasteiger partial charge in [0.15, 0.2) is 6.61 Å². The number of rotatable bonds is 7. The van der Waals surface area contributed by atoms with E-state index in [1.54, 1.807) is 12.1 Å². The van der Waals surface area contributed by atoms with Gasteiger partial charge >= 0.3 is 5.97 Å². The van der Waals surface area contributed by atoms with Crippen molar-refractivity contribution in [2.45, 2.75) is 38.7 Å². The summed E-state index contributed by atoms with van der Waals surface area (Å²) in [6, 6.07) is 7.11. The number of amides is 1. The molecule has 0 saturated carbocycles. The molecule has 1 fully saturated rings. The van der Waals surface area contributed by atoms with Crippen molar-refractivity contribution in [2.24, 2.45) is 5.92 Å². The van der Waals surface area contributed by atoms with Crippen molar-refractivity contribution in [3.63, 3.8) is 0 Å². The van der Waals surface area contributed by atoms with E-state index in [1.165, 1.54) is 0 Å². The Morgan fingerprint density at radius 2 is 2.04 bits per heavy atom. The zero-order valence-corrected chi connectivity index (χ0v) is 14.8. The van der Waals surface area contributed by atoms with Gasteiger partial charge in [-0.1, -0.05) is 37.6 Å². The van der Waals surface area contributed by atoms with Gasteiger partial charge in [-0.2, -0.15) is 0 Å². The normalized spacial score (nSPS) is 18.4. The highest BCUT2D eigenvalue weighted by molar-refractivity contribution is 6.30. The Hall–Kier alpha value is -1.59. The number of carbonyl (C=O) groups is 2. The van der Waals surface area contributed by atoms with Crippen molar-refractivity contribution in [3.8, 4) is 0 Å². The molecular weight excluding hydrogens is 330 g/mol. The molecule has 132 valence electrons. The quantitative estimate of drug-likeness (QED) is 0.765. The van der Waals surface area contributed by atoms with Crippen molar-refractivity contribution >= 4 is 23.5 Å². The highest BCUT2D eigenvalue weighted by Gasteiger charge is 2.26. The molecule has 0 spiro atoms. The number of carbonyl (C=O) groups excluding carboxylic acids is 2. The molecular formula is C18H24ClNO4. The first-order valence-corrected chi connectivity index (χ1v) is 8.65. The second kappa shape index (κ2) is 9.04. The first-order chi connectivity index (χ1) is 11.5. The summed E-state index contributed by atoms with van der Waals surface area (Å²) >= 11 is 5.89. The summed E-state index contributed by atoms with van der Waals surface area (Å²) in [6.45, 7) is 4.81. The molecule has 0 aromatic heterocycles. The van der Waals surface area contributed by atoms with Crippen LogP contribution in [0, 0.1) is 5.92 Å². The van der Waals surface area contributed by atoms with E-state index in [0.717, 1.165) is 25.0 Å². The zero-order valence-electron chi connectivity index (χ0n) is 14.1. The molecule has 2 rings (SSSR count). The molecule has 1 saturated heterocycles. The van der Waals surface area contributed by atoms with Gasteiger partial charge in [-0.3, -0.25) is 9.59 Å². The molecule has 5 nitrogen and oxygen atoms in total. The highest BCUT2D eigenvalue weighted by Crippen LogP contribution is 2.27. The molecule has 1 aliphatic rings. The standard InChI is InChI=1S/C18H24ClNO4/c1-12(2)17(13-5-7-14(19)8-6-13)18(22)24-11-16(21)20-10-15-4-3-9-23-15/h5-8,12,15,17H,3-4,9-11H2,1-2H3,(H,20,21)/t15-,17-/m1/s1. The molecule has 0 radical (unpaired) electrons. The molecule has 0 aliphatic carbocycles. The minimum atomic E-state index is -0.423. The second-order valence-electron chi connectivity index (χ2n) is 6.32. The van der Waals surface area contributed by atoms with Crippen LogP contribution in [0.3, 0.4) is 0 Å². The van der Waals surface area contributed by atoms with Gasteiger partial charge < -0.3 is 14.8 Å². The Balaban J connectivity index is 1.83. The predicted octanol–water partition coefficient (Wildman–Crippen LogP) is 2.92.